The molecule has 2 aliphatic heterocycles. The number of nitrogens with two attached hydrogens (primary N) is 1. The van der Waals surface area contributed by atoms with Crippen LogP contribution in [-0.2, 0) is 4.79 Å². The van der Waals surface area contributed by atoms with Crippen LogP contribution in [0.1, 0.15) is 37.9 Å². The molecule has 2 unspecified atom stereocenters. The number of rotatable bonds is 4. The number of carbonyl (C=O) groups excluding carboxylic acids is 1. The highest BCUT2D eigenvalue weighted by atomic mass is 35.5. The summed E-state index contributed by atoms with van der Waals surface area (Å²) in [6.07, 6.45) is 3.01. The van der Waals surface area contributed by atoms with Crippen molar-refractivity contribution in [3.63, 3.8) is 0 Å². The predicted octanol–water partition coefficient (Wildman–Crippen LogP) is 6.58. The van der Waals surface area contributed by atoms with Gasteiger partial charge in [-0.05, 0) is 49.6 Å². The molecule has 1 saturated heterocycles. The molecule has 1 fully saturated rings. The molecule has 234 valence electrons. The molecule has 4 aromatic rings. The van der Waals surface area contributed by atoms with Gasteiger partial charge in [0.1, 0.15) is 5.69 Å². The third kappa shape index (κ3) is 4.90. The topological polar surface area (TPSA) is 109 Å². The van der Waals surface area contributed by atoms with Crippen molar-refractivity contribution in [3.8, 4) is 16.9 Å². The van der Waals surface area contributed by atoms with Gasteiger partial charge in [-0.15, -0.1) is 0 Å². The summed E-state index contributed by atoms with van der Waals surface area (Å²) in [4.78, 5) is 40.7. The summed E-state index contributed by atoms with van der Waals surface area (Å²) >= 11 is 19.4. The van der Waals surface area contributed by atoms with Crippen molar-refractivity contribution in [2.24, 2.45) is 0 Å². The zero-order chi connectivity index (χ0) is 32.5. The van der Waals surface area contributed by atoms with E-state index >= 15 is 4.39 Å². The highest BCUT2D eigenvalue weighted by Gasteiger charge is 2.40. The standard InChI is InChI=1S/C32H31Cl3FN7O2/c1-6-22(44)41-13-17-11-39-28-30(42(17)12-16(41)5)18-9-21(35)27(23-24(36)19(33)10-20(34)25(23)37)40-31(18)43(32(28)45)29-15(4)7-8-38-26(29)14(2)3/h6-10,14,16-17,39H,1,11-13,37H2,2-5H3. The fourth-order valence-electron chi connectivity index (χ4n) is 6.36. The molecule has 45 heavy (non-hydrogen) atoms. The van der Waals surface area contributed by atoms with Gasteiger partial charge in [-0.2, -0.15) is 0 Å². The lowest BCUT2D eigenvalue weighted by molar-refractivity contribution is -0.128. The van der Waals surface area contributed by atoms with Gasteiger partial charge in [0, 0.05) is 37.3 Å². The lowest BCUT2D eigenvalue weighted by atomic mass is 9.99. The van der Waals surface area contributed by atoms with Crippen LogP contribution in [0.3, 0.4) is 0 Å². The van der Waals surface area contributed by atoms with Gasteiger partial charge in [-0.25, -0.2) is 9.37 Å². The zero-order valence-electron chi connectivity index (χ0n) is 25.1. The van der Waals surface area contributed by atoms with E-state index < -0.39 is 5.82 Å². The monoisotopic (exact) mass is 669 g/mol. The maximum Gasteiger partial charge on any atom is 0.282 e. The normalized spacial score (nSPS) is 17.7. The molecule has 1 aromatic carbocycles. The van der Waals surface area contributed by atoms with E-state index in [1.54, 1.807) is 17.2 Å². The largest absolute Gasteiger partial charge is 0.397 e. The molecule has 1 amide bonds. The van der Waals surface area contributed by atoms with Gasteiger partial charge in [-0.1, -0.05) is 55.2 Å². The van der Waals surface area contributed by atoms with E-state index in [9.17, 15) is 9.59 Å². The SMILES string of the molecule is C=CC(=O)N1CC2CNc3c(c4cc(Cl)c(-c5c(N)c(Cl)cc(Cl)c5F)nc4n(-c4c(C)ccnc4C(C)C)c3=O)N2CC1C. The number of anilines is 3. The van der Waals surface area contributed by atoms with Gasteiger partial charge < -0.3 is 20.9 Å². The Morgan fingerprint density at radius 1 is 1.18 bits per heavy atom. The second-order valence-corrected chi connectivity index (χ2v) is 13.0. The first-order valence-electron chi connectivity index (χ1n) is 14.5. The molecule has 2 atom stereocenters. The van der Waals surface area contributed by atoms with Crippen LogP contribution < -0.4 is 21.5 Å². The smallest absolute Gasteiger partial charge is 0.282 e. The molecule has 3 N–H and O–H groups in total. The molecule has 9 nitrogen and oxygen atoms in total. The Bertz CT molecular complexity index is 1950. The number of hydrogen-bond acceptors (Lipinski definition) is 7. The van der Waals surface area contributed by atoms with E-state index in [-0.39, 0.29) is 67.1 Å². The molecule has 0 spiro atoms. The fraction of sp³-hybridized carbons (Fsp3) is 0.312. The highest BCUT2D eigenvalue weighted by molar-refractivity contribution is 6.38. The van der Waals surface area contributed by atoms with Crippen LogP contribution in [0.2, 0.25) is 15.1 Å². The van der Waals surface area contributed by atoms with Gasteiger partial charge in [0.15, 0.2) is 11.5 Å². The van der Waals surface area contributed by atoms with Crippen LogP contribution in [0, 0.1) is 12.7 Å². The molecule has 3 aromatic heterocycles. The minimum atomic E-state index is -0.835. The number of benzene rings is 1. The molecule has 6 rings (SSSR count). The highest BCUT2D eigenvalue weighted by Crippen LogP contribution is 2.45. The number of nitrogens with one attached hydrogen (secondary N) is 1. The zero-order valence-corrected chi connectivity index (χ0v) is 27.4. The van der Waals surface area contributed by atoms with E-state index in [2.05, 4.69) is 21.8 Å². The predicted molar refractivity (Wildman–Crippen MR) is 180 cm³/mol. The number of aryl methyl sites for hydroxylation is 1. The third-order valence-corrected chi connectivity index (χ3v) is 9.42. The van der Waals surface area contributed by atoms with Gasteiger partial charge >= 0.3 is 0 Å². The van der Waals surface area contributed by atoms with E-state index in [4.69, 9.17) is 45.5 Å². The quantitative estimate of drug-likeness (QED) is 0.144. The first-order valence-corrected chi connectivity index (χ1v) is 15.6. The second kappa shape index (κ2) is 11.5. The molecule has 0 bridgehead atoms. The molecular weight excluding hydrogens is 640 g/mol. The van der Waals surface area contributed by atoms with Crippen LogP contribution >= 0.6 is 34.8 Å². The summed E-state index contributed by atoms with van der Waals surface area (Å²) in [7, 11) is 0. The lowest BCUT2D eigenvalue weighted by Crippen LogP contribution is -2.62. The summed E-state index contributed by atoms with van der Waals surface area (Å²) in [5.74, 6) is -1.04. The third-order valence-electron chi connectivity index (χ3n) is 8.55. The number of pyridine rings is 3. The molecule has 0 saturated carbocycles. The average Bonchev–Trinajstić information content (AvgIpc) is 3.00. The first kappa shape index (κ1) is 31.1. The van der Waals surface area contributed by atoms with Crippen molar-refractivity contribution >= 4 is 68.8 Å². The second-order valence-electron chi connectivity index (χ2n) is 11.7. The van der Waals surface area contributed by atoms with E-state index in [1.807, 2.05) is 33.8 Å². The number of carbonyl (C=O) groups is 1. The number of piperazine rings is 1. The Balaban J connectivity index is 1.72. The van der Waals surface area contributed by atoms with Crippen molar-refractivity contribution in [3.05, 3.63) is 79.5 Å². The average molecular weight is 671 g/mol. The maximum atomic E-state index is 15.6. The van der Waals surface area contributed by atoms with Crippen LogP contribution in [0.4, 0.5) is 21.5 Å². The number of halogens is 4. The molecule has 5 heterocycles. The molecule has 2 aliphatic rings. The number of hydrogen-bond donors (Lipinski definition) is 2. The Hall–Kier alpha value is -3.86. The summed E-state index contributed by atoms with van der Waals surface area (Å²) in [5, 5.41) is 3.77. The Morgan fingerprint density at radius 3 is 2.60 bits per heavy atom. The number of nitrogens with zero attached hydrogens (tertiary/aromatic N) is 5. The van der Waals surface area contributed by atoms with Gasteiger partial charge in [0.2, 0.25) is 5.91 Å². The van der Waals surface area contributed by atoms with Crippen LogP contribution in [0.25, 0.3) is 28.0 Å². The summed E-state index contributed by atoms with van der Waals surface area (Å²) < 4.78 is 17.1. The summed E-state index contributed by atoms with van der Waals surface area (Å²) in [5.41, 5.74) is 8.90. The van der Waals surface area contributed by atoms with E-state index in [0.717, 1.165) is 5.56 Å². The molecule has 0 radical (unpaired) electrons. The van der Waals surface area contributed by atoms with Crippen molar-refractivity contribution in [2.75, 3.05) is 35.6 Å². The Labute approximate surface area is 274 Å². The number of amides is 1. The van der Waals surface area contributed by atoms with Gasteiger partial charge in [0.25, 0.3) is 5.56 Å². The van der Waals surface area contributed by atoms with E-state index in [0.29, 0.717) is 47.8 Å². The minimum Gasteiger partial charge on any atom is -0.397 e. The first-order chi connectivity index (χ1) is 21.3. The van der Waals surface area contributed by atoms with Gasteiger partial charge in [0.05, 0.1) is 55.1 Å². The molecule has 13 heteroatoms. The Morgan fingerprint density at radius 2 is 1.91 bits per heavy atom. The van der Waals surface area contributed by atoms with Crippen LogP contribution in [-0.4, -0.2) is 57.1 Å². The van der Waals surface area contributed by atoms with Crippen molar-refractivity contribution in [1.29, 1.82) is 0 Å². The van der Waals surface area contributed by atoms with Crippen molar-refractivity contribution < 1.29 is 9.18 Å². The van der Waals surface area contributed by atoms with Crippen LogP contribution in [0.15, 0.2) is 41.8 Å². The summed E-state index contributed by atoms with van der Waals surface area (Å²) in [6.45, 7) is 12.8. The van der Waals surface area contributed by atoms with Crippen molar-refractivity contribution in [1.82, 2.24) is 19.4 Å². The molecule has 0 aliphatic carbocycles. The van der Waals surface area contributed by atoms with Crippen molar-refractivity contribution in [2.45, 2.75) is 45.7 Å². The van der Waals surface area contributed by atoms with Gasteiger partial charge in [-0.3, -0.25) is 19.1 Å². The fourth-order valence-corrected chi connectivity index (χ4v) is 7.07. The lowest BCUT2D eigenvalue weighted by Gasteiger charge is -2.49. The number of nitrogen functional groups attached to an aromatic ring is 1. The van der Waals surface area contributed by atoms with E-state index in [1.165, 1.54) is 16.7 Å². The minimum absolute atomic E-state index is 0.0145. The molecular formula is C32H31Cl3FN7O2. The number of aromatic nitrogens is 3. The maximum absolute atomic E-state index is 15.6. The number of fused-ring (bicyclic) bond motifs is 5. The Kier molecular flexibility index (Phi) is 7.95. The summed E-state index contributed by atoms with van der Waals surface area (Å²) in [6, 6.07) is 4.38. The van der Waals surface area contributed by atoms with Crippen LogP contribution in [0.5, 0.6) is 0 Å².